The lowest BCUT2D eigenvalue weighted by Crippen LogP contribution is -2.44. The second kappa shape index (κ2) is 5.98. The van der Waals surface area contributed by atoms with Crippen LogP contribution in [0.2, 0.25) is 0 Å². The summed E-state index contributed by atoms with van der Waals surface area (Å²) in [5.74, 6) is 0.0583. The van der Waals surface area contributed by atoms with Crippen molar-refractivity contribution in [2.24, 2.45) is 0 Å². The number of nitrogens with one attached hydrogen (secondary N) is 1. The Morgan fingerprint density at radius 2 is 2.07 bits per heavy atom. The number of hydrogen-bond donors (Lipinski definition) is 1. The topological polar surface area (TPSA) is 52.2 Å². The quantitative estimate of drug-likeness (QED) is 0.713. The highest BCUT2D eigenvalue weighted by atomic mass is 16.3. The minimum atomic E-state index is 0.0195. The molecule has 0 saturated carbocycles. The Labute approximate surface area is 85.3 Å². The number of hydrogen-bond acceptors (Lipinski definition) is 2. The van der Waals surface area contributed by atoms with Gasteiger partial charge in [-0.1, -0.05) is 0 Å². The van der Waals surface area contributed by atoms with Crippen LogP contribution in [0.3, 0.4) is 0 Å². The molecule has 4 nitrogen and oxygen atoms in total. The van der Waals surface area contributed by atoms with Gasteiger partial charge in [0.05, 0.1) is 6.61 Å². The van der Waals surface area contributed by atoms with Crippen molar-refractivity contribution >= 4 is 5.91 Å². The number of carbonyl (C=O) groups is 1. The van der Waals surface area contributed by atoms with Gasteiger partial charge in [-0.05, 0) is 19.3 Å². The zero-order chi connectivity index (χ0) is 10.4. The highest BCUT2D eigenvalue weighted by Gasteiger charge is 2.18. The van der Waals surface area contributed by atoms with Crippen molar-refractivity contribution < 1.29 is 9.90 Å². The van der Waals surface area contributed by atoms with Gasteiger partial charge in [0.2, 0.25) is 5.91 Å². The Morgan fingerprint density at radius 3 is 2.57 bits per heavy atom. The van der Waals surface area contributed by atoms with E-state index in [0.29, 0.717) is 6.04 Å². The number of likely N-dealkylation sites (tertiary alicyclic amines) is 1. The number of rotatable bonds is 4. The summed E-state index contributed by atoms with van der Waals surface area (Å²) in [4.78, 5) is 13.1. The molecule has 1 fully saturated rings. The van der Waals surface area contributed by atoms with Gasteiger partial charge in [0, 0.05) is 32.6 Å². The Hall–Kier alpha value is -0.610. The van der Waals surface area contributed by atoms with Crippen LogP contribution >= 0.6 is 0 Å². The molecule has 0 aliphatic carbocycles. The molecular formula is C10H19N2O2. The molecule has 1 rings (SSSR count). The molecule has 0 atom stereocenters. The van der Waals surface area contributed by atoms with Crippen molar-refractivity contribution in [1.29, 1.82) is 0 Å². The molecule has 0 aromatic carbocycles. The fourth-order valence-corrected chi connectivity index (χ4v) is 1.88. The van der Waals surface area contributed by atoms with Gasteiger partial charge in [-0.25, -0.2) is 5.11 Å². The van der Waals surface area contributed by atoms with E-state index in [9.17, 15) is 9.90 Å². The molecule has 0 unspecified atom stereocenters. The fraction of sp³-hybridized carbons (Fsp3) is 0.900. The van der Waals surface area contributed by atoms with E-state index in [-0.39, 0.29) is 12.5 Å². The number of amides is 1. The van der Waals surface area contributed by atoms with E-state index in [4.69, 9.17) is 0 Å². The van der Waals surface area contributed by atoms with Gasteiger partial charge in [0.25, 0.3) is 0 Å². The average molecular weight is 199 g/mol. The van der Waals surface area contributed by atoms with E-state index in [1.807, 2.05) is 0 Å². The largest absolute Gasteiger partial charge is 0.354 e. The number of carbonyl (C=O) groups excluding carboxylic acids is 1. The Morgan fingerprint density at radius 1 is 1.43 bits per heavy atom. The SMILES string of the molecule is CC(=O)NC1CCN(CCC[O])CC1. The monoisotopic (exact) mass is 199 g/mol. The maximum Gasteiger partial charge on any atom is 0.217 e. The van der Waals surface area contributed by atoms with Crippen molar-refractivity contribution in [1.82, 2.24) is 10.2 Å². The summed E-state index contributed by atoms with van der Waals surface area (Å²) in [6.45, 7) is 4.50. The smallest absolute Gasteiger partial charge is 0.217 e. The van der Waals surface area contributed by atoms with Gasteiger partial charge in [-0.15, -0.1) is 0 Å². The van der Waals surface area contributed by atoms with Crippen molar-refractivity contribution in [3.8, 4) is 0 Å². The molecule has 1 aliphatic rings. The molecule has 1 amide bonds. The molecule has 0 aromatic rings. The van der Waals surface area contributed by atoms with Gasteiger partial charge in [-0.3, -0.25) is 4.79 Å². The maximum absolute atomic E-state index is 10.8. The molecule has 14 heavy (non-hydrogen) atoms. The minimum Gasteiger partial charge on any atom is -0.354 e. The zero-order valence-corrected chi connectivity index (χ0v) is 8.79. The second-order valence-electron chi connectivity index (χ2n) is 3.87. The van der Waals surface area contributed by atoms with Crippen LogP contribution in [0.4, 0.5) is 0 Å². The highest BCUT2D eigenvalue weighted by molar-refractivity contribution is 5.73. The predicted octanol–water partition coefficient (Wildman–Crippen LogP) is 0.408. The molecule has 0 spiro atoms. The molecule has 1 aliphatic heterocycles. The van der Waals surface area contributed by atoms with Gasteiger partial charge < -0.3 is 10.2 Å². The van der Waals surface area contributed by atoms with E-state index < -0.39 is 0 Å². The normalized spacial score (nSPS) is 19.6. The fourth-order valence-electron chi connectivity index (χ4n) is 1.88. The van der Waals surface area contributed by atoms with Crippen LogP contribution in [-0.4, -0.2) is 43.1 Å². The molecule has 81 valence electrons. The van der Waals surface area contributed by atoms with E-state index >= 15 is 0 Å². The van der Waals surface area contributed by atoms with Crippen molar-refractivity contribution in [3.05, 3.63) is 0 Å². The number of nitrogens with zero attached hydrogens (tertiary/aromatic N) is 1. The lowest BCUT2D eigenvalue weighted by molar-refractivity contribution is -0.119. The Balaban J connectivity index is 2.14. The van der Waals surface area contributed by atoms with Gasteiger partial charge in [0.15, 0.2) is 0 Å². The highest BCUT2D eigenvalue weighted by Crippen LogP contribution is 2.10. The van der Waals surface area contributed by atoms with Crippen LogP contribution in [0.25, 0.3) is 0 Å². The van der Waals surface area contributed by atoms with Crippen LogP contribution in [0.5, 0.6) is 0 Å². The summed E-state index contributed by atoms with van der Waals surface area (Å²) in [6, 6.07) is 0.344. The average Bonchev–Trinajstić information content (AvgIpc) is 2.16. The Kier molecular flexibility index (Phi) is 4.90. The third-order valence-corrected chi connectivity index (χ3v) is 2.61. The zero-order valence-electron chi connectivity index (χ0n) is 8.79. The second-order valence-corrected chi connectivity index (χ2v) is 3.87. The Bertz CT molecular complexity index is 177. The van der Waals surface area contributed by atoms with Gasteiger partial charge in [0.1, 0.15) is 0 Å². The van der Waals surface area contributed by atoms with Crippen molar-refractivity contribution in [2.75, 3.05) is 26.2 Å². The summed E-state index contributed by atoms with van der Waals surface area (Å²) >= 11 is 0. The first-order valence-corrected chi connectivity index (χ1v) is 5.30. The molecule has 1 heterocycles. The van der Waals surface area contributed by atoms with Crippen molar-refractivity contribution in [3.63, 3.8) is 0 Å². The summed E-state index contributed by atoms with van der Waals surface area (Å²) in [6.07, 6.45) is 2.77. The van der Waals surface area contributed by atoms with E-state index in [1.54, 1.807) is 6.92 Å². The molecule has 1 saturated heterocycles. The van der Waals surface area contributed by atoms with Crippen LogP contribution in [0.1, 0.15) is 26.2 Å². The first-order chi connectivity index (χ1) is 6.72. The van der Waals surface area contributed by atoms with E-state index in [1.165, 1.54) is 0 Å². The van der Waals surface area contributed by atoms with Crippen LogP contribution in [-0.2, 0) is 9.90 Å². The third-order valence-electron chi connectivity index (χ3n) is 2.61. The van der Waals surface area contributed by atoms with Gasteiger partial charge >= 0.3 is 0 Å². The summed E-state index contributed by atoms with van der Waals surface area (Å²) < 4.78 is 0. The standard InChI is InChI=1S/C10H19N2O2/c1-9(14)11-10-3-6-12(7-4-10)5-2-8-13/h10H,2-8H2,1H3,(H,11,14). The molecule has 1 radical (unpaired) electrons. The number of piperidine rings is 1. The lowest BCUT2D eigenvalue weighted by Gasteiger charge is -2.31. The molecule has 0 bridgehead atoms. The summed E-state index contributed by atoms with van der Waals surface area (Å²) in [5, 5.41) is 13.2. The summed E-state index contributed by atoms with van der Waals surface area (Å²) in [5.41, 5.74) is 0. The van der Waals surface area contributed by atoms with E-state index in [0.717, 1.165) is 38.9 Å². The molecular weight excluding hydrogens is 180 g/mol. The van der Waals surface area contributed by atoms with Crippen LogP contribution < -0.4 is 5.32 Å². The first kappa shape index (κ1) is 11.5. The summed E-state index contributed by atoms with van der Waals surface area (Å²) in [7, 11) is 0. The maximum atomic E-state index is 10.8. The molecule has 0 aromatic heterocycles. The van der Waals surface area contributed by atoms with Crippen LogP contribution in [0, 0.1) is 0 Å². The van der Waals surface area contributed by atoms with Gasteiger partial charge in [-0.2, -0.15) is 0 Å². The lowest BCUT2D eigenvalue weighted by atomic mass is 10.0. The minimum absolute atomic E-state index is 0.0195. The molecule has 4 heteroatoms. The van der Waals surface area contributed by atoms with E-state index in [2.05, 4.69) is 10.2 Å². The predicted molar refractivity (Wildman–Crippen MR) is 53.4 cm³/mol. The van der Waals surface area contributed by atoms with Crippen LogP contribution in [0.15, 0.2) is 0 Å². The first-order valence-electron chi connectivity index (χ1n) is 5.30. The third kappa shape index (κ3) is 4.07. The molecule has 1 N–H and O–H groups in total. The van der Waals surface area contributed by atoms with Crippen molar-refractivity contribution in [2.45, 2.75) is 32.2 Å².